The molecule has 13 nitrogen and oxygen atoms in total. The van der Waals surface area contributed by atoms with E-state index in [4.69, 9.17) is 45.2 Å². The van der Waals surface area contributed by atoms with Crippen molar-refractivity contribution < 1.29 is 52.8 Å². The van der Waals surface area contributed by atoms with Gasteiger partial charge in [-0.05, 0) is 43.2 Å². The number of ketones is 2. The van der Waals surface area contributed by atoms with Crippen molar-refractivity contribution in [1.29, 1.82) is 0 Å². The molecule has 0 spiro atoms. The molecular formula is C39H65ClN2O11. The summed E-state index contributed by atoms with van der Waals surface area (Å²) in [7, 11) is 0. The number of hydrogen-bond donors (Lipinski definition) is 3. The summed E-state index contributed by atoms with van der Waals surface area (Å²) in [6, 6.07) is 7.73. The van der Waals surface area contributed by atoms with Crippen molar-refractivity contribution in [3.8, 4) is 0 Å². The van der Waals surface area contributed by atoms with E-state index in [-0.39, 0.29) is 42.6 Å². The molecule has 0 aliphatic heterocycles. The van der Waals surface area contributed by atoms with Gasteiger partial charge < -0.3 is 33.7 Å². The highest BCUT2D eigenvalue weighted by Crippen LogP contribution is 2.12. The van der Waals surface area contributed by atoms with Crippen LogP contribution in [0.1, 0.15) is 94.6 Å². The molecule has 0 aliphatic rings. The van der Waals surface area contributed by atoms with E-state index in [0.29, 0.717) is 111 Å². The van der Waals surface area contributed by atoms with Crippen LogP contribution >= 0.6 is 11.6 Å². The van der Waals surface area contributed by atoms with Crippen LogP contribution in [0.15, 0.2) is 24.3 Å². The van der Waals surface area contributed by atoms with Crippen LogP contribution in [0.2, 0.25) is 0 Å². The van der Waals surface area contributed by atoms with Crippen molar-refractivity contribution in [1.82, 2.24) is 10.8 Å². The van der Waals surface area contributed by atoms with Crippen LogP contribution in [0, 0.1) is 0 Å². The average Bonchev–Trinajstić information content (AvgIpc) is 3.16. The Morgan fingerprint density at radius 1 is 0.491 bits per heavy atom. The fourth-order valence-electron chi connectivity index (χ4n) is 5.02. The summed E-state index contributed by atoms with van der Waals surface area (Å²) >= 11 is 5.65. The Morgan fingerprint density at radius 3 is 1.55 bits per heavy atom. The zero-order valence-corrected chi connectivity index (χ0v) is 32.5. The maximum Gasteiger partial charge on any atom is 0.243 e. The first kappa shape index (κ1) is 48.5. The normalized spacial score (nSPS) is 11.1. The summed E-state index contributed by atoms with van der Waals surface area (Å²) in [4.78, 5) is 47.7. The monoisotopic (exact) mass is 772 g/mol. The van der Waals surface area contributed by atoms with Gasteiger partial charge in [0.15, 0.2) is 0 Å². The number of halogens is 1. The summed E-state index contributed by atoms with van der Waals surface area (Å²) in [5.74, 6) is 0.366. The molecule has 0 aromatic heterocycles. The number of benzene rings is 1. The summed E-state index contributed by atoms with van der Waals surface area (Å²) < 4.78 is 32.9. The SMILES string of the molecule is O=C(CCC(=O)NCCOCCOCCOCCOCCOCCOCCCCCCCl)CCc1ccc(CC(=O)CCCCCCC(=O)NO)cc1. The van der Waals surface area contributed by atoms with Gasteiger partial charge in [-0.2, -0.15) is 0 Å². The summed E-state index contributed by atoms with van der Waals surface area (Å²) in [6.45, 7) is 6.42. The molecule has 0 heterocycles. The second-order valence-electron chi connectivity index (χ2n) is 12.6. The topological polar surface area (TPSA) is 168 Å². The van der Waals surface area contributed by atoms with Crippen molar-refractivity contribution >= 4 is 35.0 Å². The summed E-state index contributed by atoms with van der Waals surface area (Å²) in [6.07, 6.45) is 10.1. The van der Waals surface area contributed by atoms with Crippen LogP contribution in [0.3, 0.4) is 0 Å². The first-order valence-electron chi connectivity index (χ1n) is 19.3. The average molecular weight is 773 g/mol. The number of hydroxylamine groups is 1. The van der Waals surface area contributed by atoms with Gasteiger partial charge in [-0.3, -0.25) is 24.4 Å². The number of hydrogen-bond acceptors (Lipinski definition) is 11. The standard InChI is InChI=1S/C39H65ClN2O11/c40-19-7-3-4-8-21-48-23-25-50-27-29-52-31-32-53-30-28-51-26-24-49-22-20-41-38(45)18-17-36(43)16-15-34-11-13-35(14-12-34)33-37(44)9-5-1-2-6-10-39(46)42-47/h11-14,47H,1-10,15-33H2,(H,41,45)(H,42,46). The maximum absolute atomic E-state index is 12.3. The molecule has 2 amide bonds. The van der Waals surface area contributed by atoms with Gasteiger partial charge in [0, 0.05) is 57.6 Å². The van der Waals surface area contributed by atoms with Crippen LogP contribution in [0.25, 0.3) is 0 Å². The van der Waals surface area contributed by atoms with E-state index in [2.05, 4.69) is 5.32 Å². The lowest BCUT2D eigenvalue weighted by Gasteiger charge is -2.09. The van der Waals surface area contributed by atoms with Gasteiger partial charge in [-0.25, -0.2) is 5.48 Å². The third-order valence-corrected chi connectivity index (χ3v) is 8.35. The highest BCUT2D eigenvalue weighted by atomic mass is 35.5. The van der Waals surface area contributed by atoms with E-state index in [1.165, 1.54) is 0 Å². The Kier molecular flexibility index (Phi) is 33.4. The predicted octanol–water partition coefficient (Wildman–Crippen LogP) is 4.94. The molecule has 0 radical (unpaired) electrons. The van der Waals surface area contributed by atoms with Gasteiger partial charge in [0.1, 0.15) is 11.6 Å². The lowest BCUT2D eigenvalue weighted by Crippen LogP contribution is -2.28. The molecule has 53 heavy (non-hydrogen) atoms. The second kappa shape index (κ2) is 36.5. The Labute approximate surface area is 321 Å². The second-order valence-corrected chi connectivity index (χ2v) is 13.0. The Balaban J connectivity index is 1.87. The van der Waals surface area contributed by atoms with Crippen molar-refractivity contribution in [2.45, 2.75) is 96.3 Å². The smallest absolute Gasteiger partial charge is 0.243 e. The van der Waals surface area contributed by atoms with E-state index in [1.807, 2.05) is 24.3 Å². The molecule has 304 valence electrons. The molecule has 0 fully saturated rings. The quantitative estimate of drug-likeness (QED) is 0.0359. The largest absolute Gasteiger partial charge is 0.379 e. The first-order chi connectivity index (χ1) is 25.9. The molecule has 0 saturated carbocycles. The van der Waals surface area contributed by atoms with Gasteiger partial charge in [-0.15, -0.1) is 11.6 Å². The minimum atomic E-state index is -0.387. The fraction of sp³-hybridized carbons (Fsp3) is 0.744. The molecule has 1 rings (SSSR count). The first-order valence-corrected chi connectivity index (χ1v) is 19.8. The van der Waals surface area contributed by atoms with Gasteiger partial charge >= 0.3 is 0 Å². The van der Waals surface area contributed by atoms with E-state index in [0.717, 1.165) is 68.6 Å². The number of unbranched alkanes of at least 4 members (excludes halogenated alkanes) is 6. The highest BCUT2D eigenvalue weighted by Gasteiger charge is 2.09. The van der Waals surface area contributed by atoms with E-state index in [1.54, 1.807) is 5.48 Å². The van der Waals surface area contributed by atoms with E-state index < -0.39 is 0 Å². The maximum atomic E-state index is 12.3. The Bertz CT molecular complexity index is 1060. The van der Waals surface area contributed by atoms with E-state index in [9.17, 15) is 19.2 Å². The van der Waals surface area contributed by atoms with Crippen molar-refractivity contribution in [3.05, 3.63) is 35.4 Å². The van der Waals surface area contributed by atoms with Gasteiger partial charge in [0.05, 0.1) is 72.7 Å². The zero-order chi connectivity index (χ0) is 38.5. The number of carbonyl (C=O) groups is 4. The number of alkyl halides is 1. The molecular weight excluding hydrogens is 708 g/mol. The molecule has 0 saturated heterocycles. The molecule has 0 atom stereocenters. The number of amides is 2. The molecule has 1 aromatic rings. The molecule has 0 unspecified atom stereocenters. The van der Waals surface area contributed by atoms with E-state index >= 15 is 0 Å². The zero-order valence-electron chi connectivity index (χ0n) is 31.7. The lowest BCUT2D eigenvalue weighted by molar-refractivity contribution is -0.129. The predicted molar refractivity (Wildman–Crippen MR) is 202 cm³/mol. The summed E-state index contributed by atoms with van der Waals surface area (Å²) in [5.41, 5.74) is 3.57. The molecule has 0 aliphatic carbocycles. The Hall–Kier alpha value is -2.49. The molecule has 3 N–H and O–H groups in total. The lowest BCUT2D eigenvalue weighted by atomic mass is 10.00. The third kappa shape index (κ3) is 32.6. The van der Waals surface area contributed by atoms with Crippen molar-refractivity contribution in [3.63, 3.8) is 0 Å². The van der Waals surface area contributed by atoms with Crippen molar-refractivity contribution in [2.75, 3.05) is 91.7 Å². The number of Topliss-reactive ketones (excluding diaryl/α,β-unsaturated/α-hetero) is 2. The van der Waals surface area contributed by atoms with Gasteiger partial charge in [0.25, 0.3) is 0 Å². The number of ether oxygens (including phenoxy) is 6. The van der Waals surface area contributed by atoms with Gasteiger partial charge in [0.2, 0.25) is 11.8 Å². The molecule has 0 bridgehead atoms. The minimum Gasteiger partial charge on any atom is -0.379 e. The van der Waals surface area contributed by atoms with Crippen LogP contribution < -0.4 is 10.8 Å². The Morgan fingerprint density at radius 2 is 0.981 bits per heavy atom. The van der Waals surface area contributed by atoms with Crippen LogP contribution in [-0.2, 0) is 60.4 Å². The fourth-order valence-corrected chi connectivity index (χ4v) is 5.21. The minimum absolute atomic E-state index is 0.0314. The number of aryl methyl sites for hydroxylation is 1. The van der Waals surface area contributed by atoms with Crippen LogP contribution in [-0.4, -0.2) is 120 Å². The van der Waals surface area contributed by atoms with Crippen LogP contribution in [0.4, 0.5) is 0 Å². The third-order valence-electron chi connectivity index (χ3n) is 8.08. The number of rotatable bonds is 39. The molecule has 1 aromatic carbocycles. The summed E-state index contributed by atoms with van der Waals surface area (Å²) in [5, 5.41) is 11.3. The van der Waals surface area contributed by atoms with Crippen molar-refractivity contribution in [2.24, 2.45) is 0 Å². The molecule has 14 heteroatoms. The van der Waals surface area contributed by atoms with Gasteiger partial charge in [-0.1, -0.05) is 49.9 Å². The highest BCUT2D eigenvalue weighted by molar-refractivity contribution is 6.17. The van der Waals surface area contributed by atoms with Crippen LogP contribution in [0.5, 0.6) is 0 Å². The number of nitrogens with one attached hydrogen (secondary N) is 2. The number of carbonyl (C=O) groups excluding carboxylic acids is 4.